The van der Waals surface area contributed by atoms with Crippen LogP contribution in [0.1, 0.15) is 5.56 Å². The number of thiophene rings is 1. The third-order valence-corrected chi connectivity index (χ3v) is 4.65. The molecule has 0 aliphatic rings. The Bertz CT molecular complexity index is 525. The Morgan fingerprint density at radius 1 is 1.57 bits per heavy atom. The molecule has 0 saturated heterocycles. The topological polar surface area (TPSA) is 23.8 Å². The predicted molar refractivity (Wildman–Crippen MR) is 66.0 cm³/mol. The van der Waals surface area contributed by atoms with Gasteiger partial charge in [-0.25, -0.2) is 0 Å². The van der Waals surface area contributed by atoms with Crippen LogP contribution < -0.4 is 0 Å². The highest BCUT2D eigenvalue weighted by Gasteiger charge is 2.10. The summed E-state index contributed by atoms with van der Waals surface area (Å²) in [5.41, 5.74) is 0.750. The number of hydrogen-bond donors (Lipinski definition) is 0. The van der Waals surface area contributed by atoms with Crippen molar-refractivity contribution in [2.45, 2.75) is 4.90 Å². The number of thioether (sulfide) groups is 1. The summed E-state index contributed by atoms with van der Waals surface area (Å²) >= 11 is 6.81. The van der Waals surface area contributed by atoms with E-state index in [1.54, 1.807) is 23.1 Å². The lowest BCUT2D eigenvalue weighted by molar-refractivity contribution is 1.45. The summed E-state index contributed by atoms with van der Waals surface area (Å²) in [7, 11) is 0. The molecule has 2 aromatic rings. The van der Waals surface area contributed by atoms with Gasteiger partial charge in [-0.05, 0) is 39.7 Å². The Balaban J connectivity index is 2.90. The van der Waals surface area contributed by atoms with Crippen molar-refractivity contribution in [2.75, 3.05) is 6.26 Å². The van der Waals surface area contributed by atoms with Crippen LogP contribution in [-0.4, -0.2) is 6.26 Å². The minimum absolute atomic E-state index is 0.750. The highest BCUT2D eigenvalue weighted by atomic mass is 79.9. The molecular weight excluding hydrogens is 278 g/mol. The second-order valence-corrected chi connectivity index (χ2v) is 5.30. The summed E-state index contributed by atoms with van der Waals surface area (Å²) in [6.45, 7) is 0. The van der Waals surface area contributed by atoms with Crippen molar-refractivity contribution in [1.29, 1.82) is 5.26 Å². The van der Waals surface area contributed by atoms with Crippen LogP contribution in [0.25, 0.3) is 10.1 Å². The van der Waals surface area contributed by atoms with Crippen molar-refractivity contribution in [3.63, 3.8) is 0 Å². The van der Waals surface area contributed by atoms with Gasteiger partial charge in [0.05, 0.1) is 10.3 Å². The van der Waals surface area contributed by atoms with Crippen molar-refractivity contribution in [3.8, 4) is 6.07 Å². The average Bonchev–Trinajstić information content (AvgIpc) is 2.65. The first-order chi connectivity index (χ1) is 6.77. The van der Waals surface area contributed by atoms with E-state index >= 15 is 0 Å². The minimum atomic E-state index is 0.750. The molecule has 1 aromatic carbocycles. The molecule has 4 heteroatoms. The minimum Gasteiger partial charge on any atom is -0.192 e. The normalized spacial score (nSPS) is 10.4. The molecule has 14 heavy (non-hydrogen) atoms. The van der Waals surface area contributed by atoms with Gasteiger partial charge in [0.2, 0.25) is 0 Å². The highest BCUT2D eigenvalue weighted by molar-refractivity contribution is 9.10. The third kappa shape index (κ3) is 1.46. The first kappa shape index (κ1) is 10.0. The molecule has 0 amide bonds. The SMILES string of the molecule is CSc1c(Br)cc(C#N)c2sccc12. The lowest BCUT2D eigenvalue weighted by Crippen LogP contribution is -1.80. The molecule has 1 aromatic heterocycles. The maximum atomic E-state index is 8.97. The molecule has 1 heterocycles. The molecule has 0 unspecified atom stereocenters. The van der Waals surface area contributed by atoms with Gasteiger partial charge in [-0.2, -0.15) is 5.26 Å². The molecule has 2 rings (SSSR count). The third-order valence-electron chi connectivity index (χ3n) is 1.97. The highest BCUT2D eigenvalue weighted by Crippen LogP contribution is 2.38. The molecule has 0 N–H and O–H groups in total. The van der Waals surface area contributed by atoms with E-state index < -0.39 is 0 Å². The smallest absolute Gasteiger partial charge is 0.101 e. The average molecular weight is 284 g/mol. The second kappa shape index (κ2) is 3.93. The summed E-state index contributed by atoms with van der Waals surface area (Å²) in [5, 5.41) is 12.2. The number of fused-ring (bicyclic) bond motifs is 1. The number of nitriles is 1. The molecule has 0 saturated carbocycles. The zero-order chi connectivity index (χ0) is 10.1. The first-order valence-corrected chi connectivity index (χ1v) is 6.81. The maximum absolute atomic E-state index is 8.97. The van der Waals surface area contributed by atoms with Crippen molar-refractivity contribution < 1.29 is 0 Å². The van der Waals surface area contributed by atoms with Gasteiger partial charge in [0.15, 0.2) is 0 Å². The van der Waals surface area contributed by atoms with Crippen molar-refractivity contribution in [3.05, 3.63) is 27.5 Å². The van der Waals surface area contributed by atoms with Crippen LogP contribution >= 0.6 is 39.0 Å². The number of nitrogens with zero attached hydrogens (tertiary/aromatic N) is 1. The molecule has 1 nitrogen and oxygen atoms in total. The van der Waals surface area contributed by atoms with Gasteiger partial charge in [0, 0.05) is 14.8 Å². The summed E-state index contributed by atoms with van der Waals surface area (Å²) < 4.78 is 2.09. The quantitative estimate of drug-likeness (QED) is 0.731. The number of halogens is 1. The number of hydrogen-bond acceptors (Lipinski definition) is 3. The Kier molecular flexibility index (Phi) is 2.82. The van der Waals surface area contributed by atoms with Gasteiger partial charge in [-0.1, -0.05) is 0 Å². The largest absolute Gasteiger partial charge is 0.192 e. The van der Waals surface area contributed by atoms with E-state index in [1.165, 1.54) is 10.3 Å². The van der Waals surface area contributed by atoms with Crippen LogP contribution in [0, 0.1) is 11.3 Å². The van der Waals surface area contributed by atoms with E-state index in [9.17, 15) is 0 Å². The van der Waals surface area contributed by atoms with Crippen molar-refractivity contribution >= 4 is 49.1 Å². The predicted octanol–water partition coefficient (Wildman–Crippen LogP) is 4.26. The summed E-state index contributed by atoms with van der Waals surface area (Å²) in [6, 6.07) is 6.18. The molecule has 0 aliphatic heterocycles. The van der Waals surface area contributed by atoms with E-state index in [-0.39, 0.29) is 0 Å². The van der Waals surface area contributed by atoms with E-state index in [0.29, 0.717) is 0 Å². The molecule has 0 radical (unpaired) electrons. The lowest BCUT2D eigenvalue weighted by atomic mass is 10.2. The Hall–Kier alpha value is -0.500. The fraction of sp³-hybridized carbons (Fsp3) is 0.100. The number of benzene rings is 1. The molecule has 70 valence electrons. The van der Waals surface area contributed by atoms with Gasteiger partial charge in [-0.15, -0.1) is 23.1 Å². The monoisotopic (exact) mass is 283 g/mol. The van der Waals surface area contributed by atoms with E-state index in [4.69, 9.17) is 5.26 Å². The standard InChI is InChI=1S/C10H6BrNS2/c1-13-10-7-2-3-14-9(7)6(5-12)4-8(10)11/h2-4H,1H3. The molecular formula is C10H6BrNS2. The summed E-state index contributed by atoms with van der Waals surface area (Å²) in [4.78, 5) is 1.21. The van der Waals surface area contributed by atoms with Crippen molar-refractivity contribution in [2.24, 2.45) is 0 Å². The Labute approximate surface area is 98.9 Å². The van der Waals surface area contributed by atoms with Crippen LogP contribution in [0.15, 0.2) is 26.9 Å². The summed E-state index contributed by atoms with van der Waals surface area (Å²) in [5.74, 6) is 0. The van der Waals surface area contributed by atoms with Crippen LogP contribution in [-0.2, 0) is 0 Å². The van der Waals surface area contributed by atoms with Gasteiger partial charge in [-0.3, -0.25) is 0 Å². The van der Waals surface area contributed by atoms with Gasteiger partial charge in [0.25, 0.3) is 0 Å². The van der Waals surface area contributed by atoms with Crippen LogP contribution in [0.3, 0.4) is 0 Å². The summed E-state index contributed by atoms with van der Waals surface area (Å²) in [6.07, 6.45) is 2.04. The lowest BCUT2D eigenvalue weighted by Gasteiger charge is -2.03. The van der Waals surface area contributed by atoms with E-state index in [0.717, 1.165) is 14.7 Å². The van der Waals surface area contributed by atoms with Gasteiger partial charge >= 0.3 is 0 Å². The van der Waals surface area contributed by atoms with E-state index in [1.807, 2.05) is 17.7 Å². The van der Waals surface area contributed by atoms with Gasteiger partial charge < -0.3 is 0 Å². The molecule has 0 spiro atoms. The maximum Gasteiger partial charge on any atom is 0.101 e. The van der Waals surface area contributed by atoms with Crippen LogP contribution in [0.5, 0.6) is 0 Å². The number of rotatable bonds is 1. The Morgan fingerprint density at radius 2 is 2.36 bits per heavy atom. The molecule has 0 fully saturated rings. The fourth-order valence-corrected chi connectivity index (χ4v) is 3.88. The van der Waals surface area contributed by atoms with E-state index in [2.05, 4.69) is 28.1 Å². The molecule has 0 bridgehead atoms. The van der Waals surface area contributed by atoms with Gasteiger partial charge in [0.1, 0.15) is 6.07 Å². The zero-order valence-electron chi connectivity index (χ0n) is 7.37. The second-order valence-electron chi connectivity index (χ2n) is 2.71. The van der Waals surface area contributed by atoms with Crippen LogP contribution in [0.4, 0.5) is 0 Å². The first-order valence-electron chi connectivity index (χ1n) is 3.91. The molecule has 0 aliphatic carbocycles. The fourth-order valence-electron chi connectivity index (χ4n) is 1.37. The zero-order valence-corrected chi connectivity index (χ0v) is 10.6. The Morgan fingerprint density at radius 3 is 3.00 bits per heavy atom. The van der Waals surface area contributed by atoms with Crippen LogP contribution in [0.2, 0.25) is 0 Å². The molecule has 0 atom stereocenters. The van der Waals surface area contributed by atoms with Crippen molar-refractivity contribution in [1.82, 2.24) is 0 Å².